The fourth-order valence-electron chi connectivity index (χ4n) is 3.20. The molecule has 0 aromatic rings. The predicted octanol–water partition coefficient (Wildman–Crippen LogP) is 5.38. The molecule has 5 nitrogen and oxygen atoms in total. The molecule has 5 heteroatoms. The Labute approximate surface area is 181 Å². The van der Waals surface area contributed by atoms with Crippen LogP contribution in [0.1, 0.15) is 53.4 Å². The lowest BCUT2D eigenvalue weighted by Gasteiger charge is -2.18. The van der Waals surface area contributed by atoms with Gasteiger partial charge in [-0.3, -0.25) is 4.79 Å². The Morgan fingerprint density at radius 2 is 2.07 bits per heavy atom. The van der Waals surface area contributed by atoms with Crippen LogP contribution < -0.4 is 11.1 Å². The van der Waals surface area contributed by atoms with Crippen LogP contribution in [0.3, 0.4) is 0 Å². The Balaban J connectivity index is 2.99. The van der Waals surface area contributed by atoms with Gasteiger partial charge in [-0.1, -0.05) is 57.4 Å². The molecule has 0 saturated carbocycles. The summed E-state index contributed by atoms with van der Waals surface area (Å²) in [7, 11) is 0. The largest absolute Gasteiger partial charge is 0.464 e. The average Bonchev–Trinajstić information content (AvgIpc) is 3.08. The number of allylic oxidation sites excluding steroid dienone is 6. The van der Waals surface area contributed by atoms with Crippen LogP contribution in [0.2, 0.25) is 0 Å². The third-order valence-electron chi connectivity index (χ3n) is 4.69. The maximum absolute atomic E-state index is 12.8. The number of aliphatic imine (C=N–C) groups is 1. The number of amides is 1. The first kappa shape index (κ1) is 25.0. The standard InChI is InChI=1S/C25H35N3O2/c1-8-11-13-20-14-15-22(21(20)12-9-2)27-25(29)18(6)24(26)28-23(17(4)5)19(7)30-16-10-3/h8,10-11,13,16,22H,1,6-7,9,12,14-15H2,2-5H3,(H2,26,28)(H,27,29)/b13-11-,16-10-. The lowest BCUT2D eigenvalue weighted by Crippen LogP contribution is -2.38. The monoisotopic (exact) mass is 409 g/mol. The lowest BCUT2D eigenvalue weighted by molar-refractivity contribution is -0.117. The minimum absolute atomic E-state index is 0.0256. The molecule has 1 aliphatic carbocycles. The second-order valence-corrected chi connectivity index (χ2v) is 7.29. The molecule has 0 aliphatic heterocycles. The van der Waals surface area contributed by atoms with Gasteiger partial charge in [-0.2, -0.15) is 0 Å². The van der Waals surface area contributed by atoms with E-state index in [0.717, 1.165) is 31.3 Å². The van der Waals surface area contributed by atoms with Crippen molar-refractivity contribution >= 4 is 11.7 Å². The summed E-state index contributed by atoms with van der Waals surface area (Å²) < 4.78 is 5.40. The second-order valence-electron chi connectivity index (χ2n) is 7.29. The van der Waals surface area contributed by atoms with Crippen molar-refractivity contribution < 1.29 is 9.53 Å². The smallest absolute Gasteiger partial charge is 0.254 e. The van der Waals surface area contributed by atoms with E-state index in [0.29, 0.717) is 11.5 Å². The predicted molar refractivity (Wildman–Crippen MR) is 127 cm³/mol. The molecule has 1 amide bonds. The van der Waals surface area contributed by atoms with Crippen LogP contribution in [0.5, 0.6) is 0 Å². The first-order chi connectivity index (χ1) is 14.3. The topological polar surface area (TPSA) is 76.7 Å². The molecule has 0 heterocycles. The molecule has 1 unspecified atom stereocenters. The average molecular weight is 410 g/mol. The molecule has 0 spiro atoms. The van der Waals surface area contributed by atoms with Gasteiger partial charge in [-0.15, -0.1) is 0 Å². The molecule has 30 heavy (non-hydrogen) atoms. The highest BCUT2D eigenvalue weighted by atomic mass is 16.5. The summed E-state index contributed by atoms with van der Waals surface area (Å²) in [5.74, 6) is 0.0727. The van der Waals surface area contributed by atoms with Crippen molar-refractivity contribution in [2.24, 2.45) is 10.7 Å². The maximum atomic E-state index is 12.8. The van der Waals surface area contributed by atoms with Crippen molar-refractivity contribution in [1.82, 2.24) is 5.32 Å². The van der Waals surface area contributed by atoms with Crippen molar-refractivity contribution in [2.75, 3.05) is 0 Å². The van der Waals surface area contributed by atoms with E-state index >= 15 is 0 Å². The summed E-state index contributed by atoms with van der Waals surface area (Å²) in [4.78, 5) is 17.2. The van der Waals surface area contributed by atoms with E-state index in [-0.39, 0.29) is 23.4 Å². The Morgan fingerprint density at radius 3 is 2.63 bits per heavy atom. The molecule has 0 saturated heterocycles. The van der Waals surface area contributed by atoms with Crippen LogP contribution in [0.15, 0.2) is 89.0 Å². The van der Waals surface area contributed by atoms with E-state index in [1.807, 2.05) is 26.8 Å². The minimum atomic E-state index is -0.322. The molecule has 3 N–H and O–H groups in total. The zero-order valence-electron chi connectivity index (χ0n) is 18.8. The third kappa shape index (κ3) is 7.07. The maximum Gasteiger partial charge on any atom is 0.254 e. The third-order valence-corrected chi connectivity index (χ3v) is 4.69. The molecule has 162 valence electrons. The number of ether oxygens (including phenoxy) is 1. The highest BCUT2D eigenvalue weighted by Gasteiger charge is 2.26. The van der Waals surface area contributed by atoms with Gasteiger partial charge in [-0.05, 0) is 56.8 Å². The summed E-state index contributed by atoms with van der Waals surface area (Å²) in [5.41, 5.74) is 10.1. The van der Waals surface area contributed by atoms with Crippen molar-refractivity contribution in [2.45, 2.75) is 59.4 Å². The fourth-order valence-corrected chi connectivity index (χ4v) is 3.20. The number of carbonyl (C=O) groups is 1. The van der Waals surface area contributed by atoms with Crippen molar-refractivity contribution in [3.63, 3.8) is 0 Å². The Morgan fingerprint density at radius 1 is 1.37 bits per heavy atom. The van der Waals surface area contributed by atoms with Crippen LogP contribution in [0, 0.1) is 0 Å². The summed E-state index contributed by atoms with van der Waals surface area (Å²) in [6.45, 7) is 19.2. The molecule has 0 fully saturated rings. The number of nitrogens with two attached hydrogens (primary N) is 1. The lowest BCUT2D eigenvalue weighted by atomic mass is 10.0. The fraction of sp³-hybridized carbons (Fsp3) is 0.360. The Bertz CT molecular complexity index is 834. The highest BCUT2D eigenvalue weighted by molar-refractivity contribution is 6.20. The highest BCUT2D eigenvalue weighted by Crippen LogP contribution is 2.31. The summed E-state index contributed by atoms with van der Waals surface area (Å²) >= 11 is 0. The number of carbonyl (C=O) groups excluding carboxylic acids is 1. The van der Waals surface area contributed by atoms with Gasteiger partial charge in [-0.25, -0.2) is 4.99 Å². The zero-order valence-corrected chi connectivity index (χ0v) is 18.8. The Kier molecular flexibility index (Phi) is 10.4. The first-order valence-electron chi connectivity index (χ1n) is 10.3. The Hall–Kier alpha value is -3.08. The van der Waals surface area contributed by atoms with E-state index in [1.165, 1.54) is 17.4 Å². The molecule has 0 bridgehead atoms. The van der Waals surface area contributed by atoms with Crippen LogP contribution in [0.4, 0.5) is 0 Å². The van der Waals surface area contributed by atoms with Crippen LogP contribution >= 0.6 is 0 Å². The first-order valence-corrected chi connectivity index (χ1v) is 10.3. The van der Waals surface area contributed by atoms with Gasteiger partial charge >= 0.3 is 0 Å². The van der Waals surface area contributed by atoms with Crippen LogP contribution in [-0.4, -0.2) is 17.8 Å². The van der Waals surface area contributed by atoms with Gasteiger partial charge in [0.2, 0.25) is 0 Å². The number of hydrogen-bond donors (Lipinski definition) is 2. The molecule has 0 aromatic carbocycles. The quantitative estimate of drug-likeness (QED) is 0.158. The molecule has 0 aromatic heterocycles. The van der Waals surface area contributed by atoms with E-state index in [1.54, 1.807) is 12.2 Å². The molecule has 1 rings (SSSR count). The van der Waals surface area contributed by atoms with Gasteiger partial charge in [0.15, 0.2) is 0 Å². The molecular weight excluding hydrogens is 374 g/mol. The summed E-state index contributed by atoms with van der Waals surface area (Å²) in [5, 5.41) is 3.07. The number of nitrogens with one attached hydrogen (secondary N) is 1. The molecule has 1 aliphatic rings. The van der Waals surface area contributed by atoms with Gasteiger partial charge in [0.05, 0.1) is 17.9 Å². The summed E-state index contributed by atoms with van der Waals surface area (Å²) in [6, 6.07) is -0.0256. The normalized spacial score (nSPS) is 16.8. The van der Waals surface area contributed by atoms with Crippen molar-refractivity contribution in [1.29, 1.82) is 0 Å². The van der Waals surface area contributed by atoms with E-state index in [2.05, 4.69) is 43.0 Å². The van der Waals surface area contributed by atoms with E-state index in [4.69, 9.17) is 10.5 Å². The molecule has 1 atom stereocenters. The van der Waals surface area contributed by atoms with E-state index < -0.39 is 0 Å². The summed E-state index contributed by atoms with van der Waals surface area (Å²) in [6.07, 6.45) is 12.7. The number of nitrogens with zero attached hydrogens (tertiary/aromatic N) is 1. The van der Waals surface area contributed by atoms with Gasteiger partial charge in [0.1, 0.15) is 17.3 Å². The van der Waals surface area contributed by atoms with E-state index in [9.17, 15) is 4.79 Å². The number of hydrogen-bond acceptors (Lipinski definition) is 3. The van der Waals surface area contributed by atoms with Crippen LogP contribution in [-0.2, 0) is 9.53 Å². The number of amidine groups is 1. The van der Waals surface area contributed by atoms with Gasteiger partial charge < -0.3 is 15.8 Å². The van der Waals surface area contributed by atoms with Crippen LogP contribution in [0.25, 0.3) is 0 Å². The van der Waals surface area contributed by atoms with Crippen molar-refractivity contribution in [3.05, 3.63) is 84.1 Å². The minimum Gasteiger partial charge on any atom is -0.464 e. The molecular formula is C25H35N3O2. The SMILES string of the molecule is C=C/C=C\C1=C(CCC)C(NC(=O)C(=C)C(N)=NC(C(=C)O/C=C\C)=C(C)C)CC1. The van der Waals surface area contributed by atoms with Crippen molar-refractivity contribution in [3.8, 4) is 0 Å². The second kappa shape index (κ2) is 12.5. The van der Waals surface area contributed by atoms with Gasteiger partial charge in [0, 0.05) is 0 Å². The van der Waals surface area contributed by atoms with Gasteiger partial charge in [0.25, 0.3) is 5.91 Å². The molecule has 0 radical (unpaired) electrons. The number of rotatable bonds is 11. The zero-order chi connectivity index (χ0) is 22.7.